The van der Waals surface area contributed by atoms with Gasteiger partial charge in [-0.1, -0.05) is 115 Å². The Balaban J connectivity index is 0.944. The minimum absolute atomic E-state index is 0.664. The summed E-state index contributed by atoms with van der Waals surface area (Å²) in [6.07, 6.45) is 33.0. The molecule has 0 aromatic heterocycles. The molecular weight excluding hydrogens is 560 g/mol. The molecule has 0 unspecified atom stereocenters. The van der Waals surface area contributed by atoms with Gasteiger partial charge in [-0.3, -0.25) is 0 Å². The lowest BCUT2D eigenvalue weighted by atomic mass is 9.44. The Hall–Kier alpha value is -1.96. The number of ether oxygens (including phenoxy) is 2. The molecule has 2 heteroatoms. The van der Waals surface area contributed by atoms with Gasteiger partial charge in [-0.25, -0.2) is 0 Å². The van der Waals surface area contributed by atoms with Crippen molar-refractivity contribution in [1.82, 2.24) is 0 Å². The molecule has 0 N–H and O–H groups in total. The molecule has 5 rings (SSSR count). The van der Waals surface area contributed by atoms with Gasteiger partial charge in [0.25, 0.3) is 0 Å². The zero-order valence-electron chi connectivity index (χ0n) is 30.0. The van der Waals surface area contributed by atoms with E-state index in [-0.39, 0.29) is 0 Å². The molecule has 3 aliphatic rings. The first kappa shape index (κ1) is 35.3. The van der Waals surface area contributed by atoms with Gasteiger partial charge in [-0.05, 0) is 135 Å². The van der Waals surface area contributed by atoms with Crippen LogP contribution in [0.5, 0.6) is 11.5 Å². The lowest BCUT2D eigenvalue weighted by Gasteiger charge is -2.61. The molecule has 0 aliphatic heterocycles. The molecule has 3 saturated carbocycles. The van der Waals surface area contributed by atoms with Crippen LogP contribution in [0.3, 0.4) is 0 Å². The summed E-state index contributed by atoms with van der Waals surface area (Å²) in [7, 11) is 0. The summed E-state index contributed by atoms with van der Waals surface area (Å²) in [5.74, 6) is 3.61. The van der Waals surface area contributed by atoms with E-state index in [2.05, 4.69) is 62.4 Å². The van der Waals surface area contributed by atoms with E-state index in [1.807, 2.05) is 0 Å². The second kappa shape index (κ2) is 18.5. The van der Waals surface area contributed by atoms with Crippen LogP contribution in [0.1, 0.15) is 191 Å². The van der Waals surface area contributed by atoms with Gasteiger partial charge in [0.1, 0.15) is 11.5 Å². The van der Waals surface area contributed by atoms with Crippen LogP contribution in [0.4, 0.5) is 0 Å². The third kappa shape index (κ3) is 10.5. The first-order valence-corrected chi connectivity index (χ1v) is 20.1. The second-order valence-corrected chi connectivity index (χ2v) is 16.0. The average Bonchev–Trinajstić information content (AvgIpc) is 3.08. The van der Waals surface area contributed by atoms with Gasteiger partial charge in [0.2, 0.25) is 0 Å². The maximum Gasteiger partial charge on any atom is 0.119 e. The van der Waals surface area contributed by atoms with E-state index in [9.17, 15) is 0 Å². The van der Waals surface area contributed by atoms with E-state index in [0.717, 1.165) is 36.5 Å². The lowest BCUT2D eigenvalue weighted by molar-refractivity contribution is -0.0925. The molecule has 256 valence electrons. The molecular formula is C44H68O2. The Labute approximate surface area is 283 Å². The Morgan fingerprint density at radius 2 is 0.783 bits per heavy atom. The summed E-state index contributed by atoms with van der Waals surface area (Å²) in [4.78, 5) is 0. The molecule has 0 heterocycles. The molecule has 0 amide bonds. The molecule has 0 saturated heterocycles. The summed E-state index contributed by atoms with van der Waals surface area (Å²) in [6.45, 7) is 6.30. The van der Waals surface area contributed by atoms with Gasteiger partial charge in [0.15, 0.2) is 0 Å². The van der Waals surface area contributed by atoms with Gasteiger partial charge in [-0.15, -0.1) is 0 Å². The van der Waals surface area contributed by atoms with E-state index in [4.69, 9.17) is 9.47 Å². The zero-order chi connectivity index (χ0) is 31.9. The van der Waals surface area contributed by atoms with Gasteiger partial charge in [-0.2, -0.15) is 0 Å². The van der Waals surface area contributed by atoms with Gasteiger partial charge < -0.3 is 9.47 Å². The van der Waals surface area contributed by atoms with Crippen LogP contribution in [0, 0.1) is 10.8 Å². The molecule has 46 heavy (non-hydrogen) atoms. The van der Waals surface area contributed by atoms with Crippen molar-refractivity contribution < 1.29 is 9.47 Å². The van der Waals surface area contributed by atoms with Crippen molar-refractivity contribution in [3.05, 3.63) is 59.7 Å². The van der Waals surface area contributed by atoms with Gasteiger partial charge >= 0.3 is 0 Å². The SMILES string of the molecule is CCCCCCCCCOc1ccc(C2CCC3(CC2)CC2(CCC(c4ccc(OCCCCCCCCC)cc4)CC2)C3)cc1. The van der Waals surface area contributed by atoms with Crippen LogP contribution in [-0.4, -0.2) is 13.2 Å². The van der Waals surface area contributed by atoms with E-state index >= 15 is 0 Å². The fraction of sp³-hybridized carbons (Fsp3) is 0.727. The van der Waals surface area contributed by atoms with Crippen LogP contribution >= 0.6 is 0 Å². The molecule has 2 spiro atoms. The highest BCUT2D eigenvalue weighted by molar-refractivity contribution is 5.31. The largest absolute Gasteiger partial charge is 0.494 e. The molecule has 0 atom stereocenters. The highest BCUT2D eigenvalue weighted by Gasteiger charge is 2.55. The van der Waals surface area contributed by atoms with Gasteiger partial charge in [0.05, 0.1) is 13.2 Å². The fourth-order valence-electron chi connectivity index (χ4n) is 9.54. The Bertz CT molecular complexity index is 988. The van der Waals surface area contributed by atoms with Gasteiger partial charge in [0, 0.05) is 0 Å². The normalized spacial score (nSPS) is 25.9. The van der Waals surface area contributed by atoms with Crippen LogP contribution in [0.15, 0.2) is 48.5 Å². The Morgan fingerprint density at radius 3 is 1.13 bits per heavy atom. The molecule has 3 fully saturated rings. The van der Waals surface area contributed by atoms with Crippen molar-refractivity contribution in [1.29, 1.82) is 0 Å². The molecule has 3 aliphatic carbocycles. The fourth-order valence-corrected chi connectivity index (χ4v) is 9.54. The average molecular weight is 629 g/mol. The molecule has 0 radical (unpaired) electrons. The first-order chi connectivity index (χ1) is 22.6. The maximum atomic E-state index is 6.07. The van der Waals surface area contributed by atoms with Crippen LogP contribution in [0.25, 0.3) is 0 Å². The van der Waals surface area contributed by atoms with E-state index < -0.39 is 0 Å². The number of benzene rings is 2. The van der Waals surface area contributed by atoms with Crippen molar-refractivity contribution in [3.63, 3.8) is 0 Å². The summed E-state index contributed by atoms with van der Waals surface area (Å²) >= 11 is 0. The van der Waals surface area contributed by atoms with Crippen molar-refractivity contribution in [2.75, 3.05) is 13.2 Å². The van der Waals surface area contributed by atoms with E-state index in [1.165, 1.54) is 154 Å². The number of unbranched alkanes of at least 4 members (excludes halogenated alkanes) is 12. The quantitative estimate of drug-likeness (QED) is 0.136. The topological polar surface area (TPSA) is 18.5 Å². The van der Waals surface area contributed by atoms with Crippen molar-refractivity contribution in [2.45, 2.75) is 180 Å². The monoisotopic (exact) mass is 629 g/mol. The Kier molecular flexibility index (Phi) is 14.3. The summed E-state index contributed by atoms with van der Waals surface area (Å²) in [6, 6.07) is 18.4. The van der Waals surface area contributed by atoms with Crippen LogP contribution < -0.4 is 9.47 Å². The predicted molar refractivity (Wildman–Crippen MR) is 196 cm³/mol. The summed E-state index contributed by atoms with van der Waals surface area (Å²) in [5.41, 5.74) is 4.42. The summed E-state index contributed by atoms with van der Waals surface area (Å²) < 4.78 is 12.1. The van der Waals surface area contributed by atoms with Crippen molar-refractivity contribution in [2.24, 2.45) is 10.8 Å². The standard InChI is InChI=1S/C44H68O2/c1-3-5-7-9-11-13-15-33-45-41-21-17-37(18-22-41)39-25-29-43(30-26-39)35-44(36-43)31-27-40(28-32-44)38-19-23-42(24-20-38)46-34-16-14-12-10-8-6-4-2/h17-24,39-40H,3-16,25-36H2,1-2H3. The minimum atomic E-state index is 0.664. The van der Waals surface area contributed by atoms with E-state index in [0.29, 0.717) is 10.8 Å². The molecule has 2 nitrogen and oxygen atoms in total. The zero-order valence-corrected chi connectivity index (χ0v) is 30.0. The highest BCUT2D eigenvalue weighted by atomic mass is 16.5. The number of rotatable bonds is 20. The van der Waals surface area contributed by atoms with Crippen molar-refractivity contribution >= 4 is 0 Å². The predicted octanol–water partition coefficient (Wildman–Crippen LogP) is 13.7. The molecule has 0 bridgehead atoms. The molecule has 2 aromatic carbocycles. The first-order valence-electron chi connectivity index (χ1n) is 20.1. The summed E-state index contributed by atoms with van der Waals surface area (Å²) in [5, 5.41) is 0. The number of hydrogen-bond donors (Lipinski definition) is 0. The smallest absolute Gasteiger partial charge is 0.119 e. The van der Waals surface area contributed by atoms with Crippen molar-refractivity contribution in [3.8, 4) is 11.5 Å². The van der Waals surface area contributed by atoms with Crippen LogP contribution in [0.2, 0.25) is 0 Å². The maximum absolute atomic E-state index is 6.07. The third-order valence-corrected chi connectivity index (χ3v) is 12.3. The number of hydrogen-bond acceptors (Lipinski definition) is 2. The Morgan fingerprint density at radius 1 is 0.457 bits per heavy atom. The minimum Gasteiger partial charge on any atom is -0.494 e. The second-order valence-electron chi connectivity index (χ2n) is 16.0. The molecule has 2 aromatic rings. The highest BCUT2D eigenvalue weighted by Crippen LogP contribution is 2.67. The van der Waals surface area contributed by atoms with E-state index in [1.54, 1.807) is 11.1 Å². The third-order valence-electron chi connectivity index (χ3n) is 12.3. The lowest BCUT2D eigenvalue weighted by Crippen LogP contribution is -2.49. The van der Waals surface area contributed by atoms with Crippen LogP contribution in [-0.2, 0) is 0 Å².